The van der Waals surface area contributed by atoms with Crippen molar-refractivity contribution in [2.45, 2.75) is 13.3 Å². The molecule has 0 aromatic carbocycles. The van der Waals surface area contributed by atoms with E-state index in [1.54, 1.807) is 6.20 Å². The van der Waals surface area contributed by atoms with Gasteiger partial charge in [-0.3, -0.25) is 0 Å². The molecule has 5 heteroatoms. The van der Waals surface area contributed by atoms with E-state index in [4.69, 9.17) is 5.11 Å². The monoisotopic (exact) mass is 217 g/mol. The lowest BCUT2D eigenvalue weighted by molar-refractivity contribution is 0.0694. The van der Waals surface area contributed by atoms with E-state index in [1.807, 2.05) is 19.1 Å². The van der Waals surface area contributed by atoms with Crippen LogP contribution in [0.5, 0.6) is 0 Å². The fourth-order valence-electron chi connectivity index (χ4n) is 1.46. The van der Waals surface area contributed by atoms with Crippen LogP contribution in [-0.2, 0) is 6.42 Å². The second kappa shape index (κ2) is 4.14. The molecule has 0 aliphatic heterocycles. The Morgan fingerprint density at radius 3 is 2.94 bits per heavy atom. The van der Waals surface area contributed by atoms with Crippen molar-refractivity contribution in [3.05, 3.63) is 35.8 Å². The van der Waals surface area contributed by atoms with Gasteiger partial charge < -0.3 is 10.1 Å². The molecule has 2 heterocycles. The maximum atomic E-state index is 10.9. The van der Waals surface area contributed by atoms with Gasteiger partial charge in [0.05, 0.1) is 17.0 Å². The molecule has 0 bridgehead atoms. The number of nitrogens with one attached hydrogen (secondary N) is 1. The van der Waals surface area contributed by atoms with E-state index in [1.165, 1.54) is 6.20 Å². The summed E-state index contributed by atoms with van der Waals surface area (Å²) in [4.78, 5) is 22.1. The van der Waals surface area contributed by atoms with Gasteiger partial charge in [-0.15, -0.1) is 0 Å². The molecule has 0 spiro atoms. The number of hydrogen-bond acceptors (Lipinski definition) is 3. The molecular weight excluding hydrogens is 206 g/mol. The third-order valence-corrected chi connectivity index (χ3v) is 2.27. The van der Waals surface area contributed by atoms with Gasteiger partial charge in [-0.05, 0) is 18.6 Å². The second-order valence-corrected chi connectivity index (χ2v) is 3.30. The smallest absolute Gasteiger partial charge is 0.339 e. The van der Waals surface area contributed by atoms with Gasteiger partial charge in [0.1, 0.15) is 0 Å². The molecule has 2 aromatic rings. The summed E-state index contributed by atoms with van der Waals surface area (Å²) >= 11 is 0. The van der Waals surface area contributed by atoms with Crippen molar-refractivity contribution in [3.63, 3.8) is 0 Å². The van der Waals surface area contributed by atoms with Crippen molar-refractivity contribution >= 4 is 5.97 Å². The Hall–Kier alpha value is -2.17. The average Bonchev–Trinajstić information content (AvgIpc) is 2.81. The molecule has 82 valence electrons. The molecule has 2 rings (SSSR count). The highest BCUT2D eigenvalue weighted by molar-refractivity contribution is 5.88. The summed E-state index contributed by atoms with van der Waals surface area (Å²) in [6, 6.07) is 3.69. The first-order valence-electron chi connectivity index (χ1n) is 4.95. The first kappa shape index (κ1) is 10.4. The summed E-state index contributed by atoms with van der Waals surface area (Å²) in [6.07, 6.45) is 3.69. The van der Waals surface area contributed by atoms with Gasteiger partial charge >= 0.3 is 5.97 Å². The highest BCUT2D eigenvalue weighted by Crippen LogP contribution is 2.14. The second-order valence-electron chi connectivity index (χ2n) is 3.30. The van der Waals surface area contributed by atoms with E-state index in [2.05, 4.69) is 15.0 Å². The number of aryl methyl sites for hydroxylation is 1. The molecule has 0 aliphatic carbocycles. The quantitative estimate of drug-likeness (QED) is 0.820. The van der Waals surface area contributed by atoms with E-state index in [9.17, 15) is 4.79 Å². The Morgan fingerprint density at radius 1 is 1.56 bits per heavy atom. The number of rotatable bonds is 3. The van der Waals surface area contributed by atoms with Crippen LogP contribution in [0, 0.1) is 0 Å². The SMILES string of the molecule is CCc1nc(-c2ccc[nH]2)ncc1C(=O)O. The van der Waals surface area contributed by atoms with Crippen LogP contribution in [0.4, 0.5) is 0 Å². The summed E-state index contributed by atoms with van der Waals surface area (Å²) in [7, 11) is 0. The third-order valence-electron chi connectivity index (χ3n) is 2.27. The van der Waals surface area contributed by atoms with Crippen LogP contribution in [0.1, 0.15) is 23.0 Å². The zero-order chi connectivity index (χ0) is 11.5. The first-order valence-corrected chi connectivity index (χ1v) is 4.95. The normalized spacial score (nSPS) is 10.3. The fourth-order valence-corrected chi connectivity index (χ4v) is 1.46. The fraction of sp³-hybridized carbons (Fsp3) is 0.182. The van der Waals surface area contributed by atoms with Crippen molar-refractivity contribution in [2.75, 3.05) is 0 Å². The Morgan fingerprint density at radius 2 is 2.38 bits per heavy atom. The van der Waals surface area contributed by atoms with Crippen LogP contribution in [-0.4, -0.2) is 26.0 Å². The Labute approximate surface area is 92.2 Å². The Kier molecular flexibility index (Phi) is 2.68. The van der Waals surface area contributed by atoms with Crippen molar-refractivity contribution in [1.29, 1.82) is 0 Å². The molecule has 2 aromatic heterocycles. The molecule has 0 radical (unpaired) electrons. The lowest BCUT2D eigenvalue weighted by Gasteiger charge is -2.04. The summed E-state index contributed by atoms with van der Waals surface area (Å²) in [5.74, 6) is -0.471. The minimum Gasteiger partial charge on any atom is -0.478 e. The highest BCUT2D eigenvalue weighted by atomic mass is 16.4. The number of carboxylic acid groups (broad SMARTS) is 1. The van der Waals surface area contributed by atoms with E-state index in [0.29, 0.717) is 17.9 Å². The van der Waals surface area contributed by atoms with Gasteiger partial charge in [-0.2, -0.15) is 0 Å². The van der Waals surface area contributed by atoms with Crippen LogP contribution in [0.15, 0.2) is 24.5 Å². The summed E-state index contributed by atoms with van der Waals surface area (Å²) < 4.78 is 0. The maximum absolute atomic E-state index is 10.9. The summed E-state index contributed by atoms with van der Waals surface area (Å²) in [5.41, 5.74) is 1.50. The van der Waals surface area contributed by atoms with Crippen molar-refractivity contribution in [2.24, 2.45) is 0 Å². The van der Waals surface area contributed by atoms with Crippen molar-refractivity contribution < 1.29 is 9.90 Å². The lowest BCUT2D eigenvalue weighted by atomic mass is 10.2. The maximum Gasteiger partial charge on any atom is 0.339 e. The van der Waals surface area contributed by atoms with E-state index in [-0.39, 0.29) is 5.56 Å². The first-order chi connectivity index (χ1) is 7.72. The van der Waals surface area contributed by atoms with E-state index in [0.717, 1.165) is 5.69 Å². The van der Waals surface area contributed by atoms with Gasteiger partial charge in [0.15, 0.2) is 5.82 Å². The summed E-state index contributed by atoms with van der Waals surface area (Å²) in [6.45, 7) is 1.87. The predicted molar refractivity (Wildman–Crippen MR) is 58.2 cm³/mol. The number of hydrogen-bond donors (Lipinski definition) is 2. The minimum absolute atomic E-state index is 0.165. The molecule has 0 saturated heterocycles. The predicted octanol–water partition coefficient (Wildman–Crippen LogP) is 1.73. The number of nitrogens with zero attached hydrogens (tertiary/aromatic N) is 2. The number of carbonyl (C=O) groups is 1. The molecule has 5 nitrogen and oxygen atoms in total. The van der Waals surface area contributed by atoms with Crippen molar-refractivity contribution in [1.82, 2.24) is 15.0 Å². The molecule has 0 saturated carbocycles. The topological polar surface area (TPSA) is 78.9 Å². The zero-order valence-corrected chi connectivity index (χ0v) is 8.77. The van der Waals surface area contributed by atoms with Gasteiger partial charge in [-0.25, -0.2) is 14.8 Å². The summed E-state index contributed by atoms with van der Waals surface area (Å²) in [5, 5.41) is 8.93. The van der Waals surface area contributed by atoms with Crippen LogP contribution in [0.2, 0.25) is 0 Å². The number of H-pyrrole nitrogens is 1. The van der Waals surface area contributed by atoms with E-state index >= 15 is 0 Å². The number of aromatic carboxylic acids is 1. The van der Waals surface area contributed by atoms with Crippen LogP contribution < -0.4 is 0 Å². The minimum atomic E-state index is -0.991. The molecule has 16 heavy (non-hydrogen) atoms. The molecule has 0 fully saturated rings. The molecule has 0 amide bonds. The van der Waals surface area contributed by atoms with Gasteiger partial charge in [0, 0.05) is 12.4 Å². The molecule has 0 aliphatic rings. The Balaban J connectivity index is 2.49. The third kappa shape index (κ3) is 1.79. The highest BCUT2D eigenvalue weighted by Gasteiger charge is 2.12. The molecule has 0 atom stereocenters. The molecular formula is C11H11N3O2. The molecule has 0 unspecified atom stereocenters. The Bertz CT molecular complexity index is 506. The zero-order valence-electron chi connectivity index (χ0n) is 8.77. The molecule has 2 N–H and O–H groups in total. The van der Waals surface area contributed by atoms with Gasteiger partial charge in [0.2, 0.25) is 0 Å². The van der Waals surface area contributed by atoms with Crippen LogP contribution in [0.3, 0.4) is 0 Å². The average molecular weight is 217 g/mol. The number of carboxylic acids is 1. The van der Waals surface area contributed by atoms with Gasteiger partial charge in [0.25, 0.3) is 0 Å². The number of aromatic amines is 1. The van der Waals surface area contributed by atoms with Crippen LogP contribution in [0.25, 0.3) is 11.5 Å². The van der Waals surface area contributed by atoms with E-state index < -0.39 is 5.97 Å². The standard InChI is InChI=1S/C11H11N3O2/c1-2-8-7(11(15)16)6-13-10(14-8)9-4-3-5-12-9/h3-6,12H,2H2,1H3,(H,15,16). The number of aromatic nitrogens is 3. The van der Waals surface area contributed by atoms with Crippen LogP contribution >= 0.6 is 0 Å². The van der Waals surface area contributed by atoms with Gasteiger partial charge in [-0.1, -0.05) is 6.92 Å². The largest absolute Gasteiger partial charge is 0.478 e. The lowest BCUT2D eigenvalue weighted by Crippen LogP contribution is -2.06. The van der Waals surface area contributed by atoms with Crippen molar-refractivity contribution in [3.8, 4) is 11.5 Å².